The maximum Gasteiger partial charge on any atom is 0.324 e. The standard InChI is InChI=1S/C15H22N4O2/c16-13-3-1-2-4-14(13)19-8-7-18(15(19)20)6-5-17-9-11-21-12-10-17/h1-4H,5-12,16H2. The molecule has 0 aromatic heterocycles. The van der Waals surface area contributed by atoms with E-state index in [1.165, 1.54) is 0 Å². The second-order valence-corrected chi connectivity index (χ2v) is 5.43. The maximum absolute atomic E-state index is 12.5. The van der Waals surface area contributed by atoms with Gasteiger partial charge in [-0.15, -0.1) is 0 Å². The summed E-state index contributed by atoms with van der Waals surface area (Å²) in [5, 5.41) is 0. The van der Waals surface area contributed by atoms with Crippen molar-refractivity contribution in [1.29, 1.82) is 0 Å². The third-order valence-electron chi connectivity index (χ3n) is 4.11. The van der Waals surface area contributed by atoms with Gasteiger partial charge in [-0.1, -0.05) is 12.1 Å². The van der Waals surface area contributed by atoms with E-state index < -0.39 is 0 Å². The fourth-order valence-corrected chi connectivity index (χ4v) is 2.83. The van der Waals surface area contributed by atoms with Crippen LogP contribution in [0.3, 0.4) is 0 Å². The van der Waals surface area contributed by atoms with Gasteiger partial charge in [0.2, 0.25) is 0 Å². The molecule has 2 saturated heterocycles. The van der Waals surface area contributed by atoms with Crippen molar-refractivity contribution in [2.24, 2.45) is 0 Å². The molecule has 21 heavy (non-hydrogen) atoms. The minimum atomic E-state index is 0.0566. The van der Waals surface area contributed by atoms with Crippen LogP contribution in [-0.2, 0) is 4.74 Å². The van der Waals surface area contributed by atoms with E-state index in [9.17, 15) is 4.79 Å². The molecule has 2 fully saturated rings. The summed E-state index contributed by atoms with van der Waals surface area (Å²) in [5.41, 5.74) is 7.43. The summed E-state index contributed by atoms with van der Waals surface area (Å²) in [6.07, 6.45) is 0. The number of carbonyl (C=O) groups excluding carboxylic acids is 1. The number of amides is 2. The zero-order valence-corrected chi connectivity index (χ0v) is 12.2. The van der Waals surface area contributed by atoms with Crippen LogP contribution in [0.5, 0.6) is 0 Å². The zero-order valence-electron chi connectivity index (χ0n) is 12.2. The van der Waals surface area contributed by atoms with E-state index >= 15 is 0 Å². The van der Waals surface area contributed by atoms with Gasteiger partial charge in [0.25, 0.3) is 0 Å². The van der Waals surface area contributed by atoms with Gasteiger partial charge >= 0.3 is 6.03 Å². The summed E-state index contributed by atoms with van der Waals surface area (Å²) in [6, 6.07) is 7.59. The Morgan fingerprint density at radius 1 is 1.05 bits per heavy atom. The molecule has 2 aliphatic heterocycles. The van der Waals surface area contributed by atoms with E-state index in [0.717, 1.165) is 51.6 Å². The highest BCUT2D eigenvalue weighted by molar-refractivity contribution is 5.97. The van der Waals surface area contributed by atoms with Gasteiger partial charge in [0.15, 0.2) is 0 Å². The summed E-state index contributed by atoms with van der Waals surface area (Å²) < 4.78 is 5.34. The van der Waals surface area contributed by atoms with Crippen LogP contribution < -0.4 is 10.6 Å². The molecule has 114 valence electrons. The molecular weight excluding hydrogens is 268 g/mol. The smallest absolute Gasteiger partial charge is 0.324 e. The zero-order chi connectivity index (χ0) is 14.7. The van der Waals surface area contributed by atoms with Crippen molar-refractivity contribution in [1.82, 2.24) is 9.80 Å². The molecular formula is C15H22N4O2. The molecule has 0 spiro atoms. The van der Waals surface area contributed by atoms with Crippen LogP contribution in [0.1, 0.15) is 0 Å². The first-order valence-electron chi connectivity index (χ1n) is 7.47. The number of nitrogens with zero attached hydrogens (tertiary/aromatic N) is 3. The molecule has 0 unspecified atom stereocenters. The third kappa shape index (κ3) is 3.11. The summed E-state index contributed by atoms with van der Waals surface area (Å²) in [6.45, 7) is 6.64. The number of anilines is 2. The van der Waals surface area contributed by atoms with E-state index in [-0.39, 0.29) is 6.03 Å². The molecule has 6 nitrogen and oxygen atoms in total. The number of para-hydroxylation sites is 2. The molecule has 3 rings (SSSR count). The van der Waals surface area contributed by atoms with Gasteiger partial charge in [0, 0.05) is 39.3 Å². The van der Waals surface area contributed by atoms with Crippen LogP contribution in [0.2, 0.25) is 0 Å². The highest BCUT2D eigenvalue weighted by Gasteiger charge is 2.30. The molecule has 0 radical (unpaired) electrons. The molecule has 2 aliphatic rings. The predicted octanol–water partition coefficient (Wildman–Crippen LogP) is 0.843. The highest BCUT2D eigenvalue weighted by Crippen LogP contribution is 2.26. The largest absolute Gasteiger partial charge is 0.397 e. The molecule has 2 N–H and O–H groups in total. The monoisotopic (exact) mass is 290 g/mol. The van der Waals surface area contributed by atoms with Crippen molar-refractivity contribution in [3.63, 3.8) is 0 Å². The molecule has 2 heterocycles. The van der Waals surface area contributed by atoms with Crippen molar-refractivity contribution in [2.45, 2.75) is 0 Å². The summed E-state index contributed by atoms with van der Waals surface area (Å²) in [4.78, 5) is 18.5. The Morgan fingerprint density at radius 3 is 2.57 bits per heavy atom. The maximum atomic E-state index is 12.5. The number of urea groups is 1. The van der Waals surface area contributed by atoms with Crippen LogP contribution in [-0.4, -0.2) is 68.3 Å². The van der Waals surface area contributed by atoms with Gasteiger partial charge in [-0.05, 0) is 12.1 Å². The minimum Gasteiger partial charge on any atom is -0.397 e. The van der Waals surface area contributed by atoms with E-state index in [0.29, 0.717) is 12.2 Å². The van der Waals surface area contributed by atoms with Crippen molar-refractivity contribution in [3.8, 4) is 0 Å². The fraction of sp³-hybridized carbons (Fsp3) is 0.533. The second kappa shape index (κ2) is 6.32. The van der Waals surface area contributed by atoms with Crippen LogP contribution in [0.25, 0.3) is 0 Å². The number of rotatable bonds is 4. The minimum absolute atomic E-state index is 0.0566. The van der Waals surface area contributed by atoms with Gasteiger partial charge in [-0.2, -0.15) is 0 Å². The normalized spacial score (nSPS) is 20.3. The Kier molecular flexibility index (Phi) is 4.26. The third-order valence-corrected chi connectivity index (χ3v) is 4.11. The van der Waals surface area contributed by atoms with Crippen LogP contribution >= 0.6 is 0 Å². The van der Waals surface area contributed by atoms with E-state index in [4.69, 9.17) is 10.5 Å². The summed E-state index contributed by atoms with van der Waals surface area (Å²) in [7, 11) is 0. The number of nitrogen functional groups attached to an aromatic ring is 1. The highest BCUT2D eigenvalue weighted by atomic mass is 16.5. The van der Waals surface area contributed by atoms with Crippen molar-refractivity contribution < 1.29 is 9.53 Å². The summed E-state index contributed by atoms with van der Waals surface area (Å²) in [5.74, 6) is 0. The van der Waals surface area contributed by atoms with Crippen molar-refractivity contribution in [3.05, 3.63) is 24.3 Å². The molecule has 0 aliphatic carbocycles. The Hall–Kier alpha value is -1.79. The van der Waals surface area contributed by atoms with E-state index in [1.54, 1.807) is 4.90 Å². The molecule has 0 saturated carbocycles. The Bertz CT molecular complexity index is 502. The van der Waals surface area contributed by atoms with Crippen LogP contribution in [0.15, 0.2) is 24.3 Å². The number of hydrogen-bond donors (Lipinski definition) is 1. The topological polar surface area (TPSA) is 62.0 Å². The Labute approximate surface area is 125 Å². The van der Waals surface area contributed by atoms with E-state index in [2.05, 4.69) is 4.90 Å². The fourth-order valence-electron chi connectivity index (χ4n) is 2.83. The van der Waals surface area contributed by atoms with Gasteiger partial charge in [0.1, 0.15) is 0 Å². The Balaban J connectivity index is 1.57. The van der Waals surface area contributed by atoms with Gasteiger partial charge < -0.3 is 15.4 Å². The predicted molar refractivity (Wildman–Crippen MR) is 82.4 cm³/mol. The molecule has 0 atom stereocenters. The van der Waals surface area contributed by atoms with E-state index in [1.807, 2.05) is 29.2 Å². The molecule has 6 heteroatoms. The molecule has 1 aromatic rings. The van der Waals surface area contributed by atoms with Gasteiger partial charge in [-0.25, -0.2) is 4.79 Å². The lowest BCUT2D eigenvalue weighted by molar-refractivity contribution is 0.0356. The van der Waals surface area contributed by atoms with Crippen molar-refractivity contribution >= 4 is 17.4 Å². The number of nitrogens with two attached hydrogens (primary N) is 1. The first kappa shape index (κ1) is 14.2. The Morgan fingerprint density at radius 2 is 1.81 bits per heavy atom. The number of morpholine rings is 1. The number of ether oxygens (including phenoxy) is 1. The SMILES string of the molecule is Nc1ccccc1N1CCN(CCN2CCOCC2)C1=O. The number of hydrogen-bond acceptors (Lipinski definition) is 4. The summed E-state index contributed by atoms with van der Waals surface area (Å²) >= 11 is 0. The van der Waals surface area contributed by atoms with Crippen LogP contribution in [0.4, 0.5) is 16.2 Å². The number of benzene rings is 1. The first-order valence-corrected chi connectivity index (χ1v) is 7.47. The number of carbonyl (C=O) groups is 1. The van der Waals surface area contributed by atoms with Gasteiger partial charge in [0.05, 0.1) is 24.6 Å². The lowest BCUT2D eigenvalue weighted by Crippen LogP contribution is -2.42. The average molecular weight is 290 g/mol. The van der Waals surface area contributed by atoms with Gasteiger partial charge in [-0.3, -0.25) is 9.80 Å². The molecule has 2 amide bonds. The van der Waals surface area contributed by atoms with Crippen molar-refractivity contribution in [2.75, 3.05) is 63.1 Å². The molecule has 0 bridgehead atoms. The quantitative estimate of drug-likeness (QED) is 0.835. The lowest BCUT2D eigenvalue weighted by atomic mass is 10.2. The first-order chi connectivity index (χ1) is 10.3. The second-order valence-electron chi connectivity index (χ2n) is 5.43. The average Bonchev–Trinajstić information content (AvgIpc) is 2.88. The van der Waals surface area contributed by atoms with Crippen LogP contribution in [0, 0.1) is 0 Å². The molecule has 1 aromatic carbocycles. The lowest BCUT2D eigenvalue weighted by Gasteiger charge is -2.28.